The number of benzene rings is 2. The summed E-state index contributed by atoms with van der Waals surface area (Å²) in [6.45, 7) is 2.03. The van der Waals surface area contributed by atoms with Crippen molar-refractivity contribution >= 4 is 34.9 Å². The SMILES string of the molecule is CCCOc1cc(O)cc(C(Nc2ccc(C(=N)N)cc2)C(=O)NNC(=O)c2ccncc2Cl)c1F. The molecule has 0 radical (unpaired) electrons. The molecule has 1 aromatic heterocycles. The van der Waals surface area contributed by atoms with Gasteiger partial charge in [-0.25, -0.2) is 4.39 Å². The molecule has 12 heteroatoms. The molecule has 3 rings (SSSR count). The Kier molecular flexibility index (Phi) is 8.63. The van der Waals surface area contributed by atoms with Crippen molar-refractivity contribution in [3.05, 3.63) is 82.4 Å². The second kappa shape index (κ2) is 11.8. The Balaban J connectivity index is 1.92. The fraction of sp³-hybridized carbons (Fsp3) is 0.167. The number of nitrogens with two attached hydrogens (primary N) is 1. The zero-order chi connectivity index (χ0) is 26.2. The molecule has 2 amide bonds. The number of hydrogen-bond donors (Lipinski definition) is 6. The second-order valence-electron chi connectivity index (χ2n) is 7.56. The van der Waals surface area contributed by atoms with Gasteiger partial charge in [-0.1, -0.05) is 18.5 Å². The Bertz CT molecular complexity index is 1270. The number of hydrogen-bond acceptors (Lipinski definition) is 7. The standard InChI is InChI=1S/C24H24ClFN6O4/c1-2-9-36-19-11-15(33)10-17(20(19)26)21(30-14-5-3-13(4-6-14)22(27)28)24(35)32-31-23(34)16-7-8-29-12-18(16)25/h3-8,10-12,21,30,33H,2,9H2,1H3,(H3,27,28)(H,31,34)(H,32,35). The van der Waals surface area contributed by atoms with Gasteiger partial charge in [0.2, 0.25) is 0 Å². The molecule has 1 atom stereocenters. The summed E-state index contributed by atoms with van der Waals surface area (Å²) < 4.78 is 20.7. The first-order valence-corrected chi connectivity index (χ1v) is 11.1. The molecule has 0 fully saturated rings. The molecule has 0 aliphatic heterocycles. The van der Waals surface area contributed by atoms with E-state index >= 15 is 4.39 Å². The number of phenolic OH excluding ortho intramolecular Hbond substituents is 1. The average molecular weight is 515 g/mol. The minimum Gasteiger partial charge on any atom is -0.508 e. The maximum atomic E-state index is 15.4. The third kappa shape index (κ3) is 6.39. The van der Waals surface area contributed by atoms with Crippen molar-refractivity contribution in [2.45, 2.75) is 19.4 Å². The fourth-order valence-electron chi connectivity index (χ4n) is 3.15. The van der Waals surface area contributed by atoms with Gasteiger partial charge in [0.15, 0.2) is 11.6 Å². The molecule has 7 N–H and O–H groups in total. The number of phenols is 1. The molecular weight excluding hydrogens is 491 g/mol. The number of nitrogens with one attached hydrogen (secondary N) is 4. The highest BCUT2D eigenvalue weighted by molar-refractivity contribution is 6.33. The predicted molar refractivity (Wildman–Crippen MR) is 133 cm³/mol. The number of nitrogen functional groups attached to an aromatic ring is 1. The van der Waals surface area contributed by atoms with Crippen LogP contribution in [0.15, 0.2) is 54.9 Å². The Morgan fingerprint density at radius 3 is 2.58 bits per heavy atom. The molecule has 1 unspecified atom stereocenters. The number of carbonyl (C=O) groups excluding carboxylic acids is 2. The first-order valence-electron chi connectivity index (χ1n) is 10.8. The molecular formula is C24H24ClFN6O4. The quantitative estimate of drug-likeness (QED) is 0.145. The van der Waals surface area contributed by atoms with E-state index in [1.807, 2.05) is 6.92 Å². The van der Waals surface area contributed by atoms with E-state index in [2.05, 4.69) is 21.2 Å². The Labute approximate surface area is 211 Å². The van der Waals surface area contributed by atoms with E-state index in [-0.39, 0.29) is 40.1 Å². The lowest BCUT2D eigenvalue weighted by molar-refractivity contribution is -0.122. The van der Waals surface area contributed by atoms with Gasteiger partial charge in [-0.3, -0.25) is 30.8 Å². The molecule has 36 heavy (non-hydrogen) atoms. The van der Waals surface area contributed by atoms with Crippen LogP contribution in [0.4, 0.5) is 10.1 Å². The van der Waals surface area contributed by atoms with Gasteiger partial charge in [-0.15, -0.1) is 0 Å². The topological polar surface area (TPSA) is 162 Å². The molecule has 188 valence electrons. The van der Waals surface area contributed by atoms with Gasteiger partial charge in [0.25, 0.3) is 11.8 Å². The van der Waals surface area contributed by atoms with Crippen molar-refractivity contribution in [2.75, 3.05) is 11.9 Å². The summed E-state index contributed by atoms with van der Waals surface area (Å²) in [5.41, 5.74) is 10.6. The van der Waals surface area contributed by atoms with Gasteiger partial charge in [-0.2, -0.15) is 0 Å². The summed E-state index contributed by atoms with van der Waals surface area (Å²) in [5.74, 6) is -3.13. The highest BCUT2D eigenvalue weighted by Gasteiger charge is 2.27. The molecule has 0 aliphatic carbocycles. The van der Waals surface area contributed by atoms with Crippen LogP contribution < -0.4 is 26.6 Å². The molecule has 0 saturated heterocycles. The monoisotopic (exact) mass is 514 g/mol. The van der Waals surface area contributed by atoms with E-state index in [1.165, 1.54) is 18.5 Å². The zero-order valence-corrected chi connectivity index (χ0v) is 19.9. The van der Waals surface area contributed by atoms with Crippen LogP contribution in [0.1, 0.15) is 40.9 Å². The first kappa shape index (κ1) is 26.2. The normalized spacial score (nSPS) is 11.3. The zero-order valence-electron chi connectivity index (χ0n) is 19.1. The van der Waals surface area contributed by atoms with Gasteiger partial charge in [0, 0.05) is 35.3 Å². The number of anilines is 1. The van der Waals surface area contributed by atoms with Crippen molar-refractivity contribution in [3.63, 3.8) is 0 Å². The number of amides is 2. The van der Waals surface area contributed by atoms with E-state index in [0.717, 1.165) is 12.1 Å². The summed E-state index contributed by atoms with van der Waals surface area (Å²) >= 11 is 5.97. The Hall–Kier alpha value is -4.38. The van der Waals surface area contributed by atoms with Crippen LogP contribution in [-0.4, -0.2) is 34.3 Å². The highest BCUT2D eigenvalue weighted by Crippen LogP contribution is 2.32. The molecule has 0 aliphatic rings. The lowest BCUT2D eigenvalue weighted by atomic mass is 10.0. The summed E-state index contributed by atoms with van der Waals surface area (Å²) in [6.07, 6.45) is 3.23. The number of halogens is 2. The summed E-state index contributed by atoms with van der Waals surface area (Å²) in [4.78, 5) is 29.4. The number of ether oxygens (including phenoxy) is 1. The molecule has 0 saturated carbocycles. The van der Waals surface area contributed by atoms with Crippen LogP contribution in [0.5, 0.6) is 11.5 Å². The number of pyridine rings is 1. The Morgan fingerprint density at radius 2 is 1.94 bits per heavy atom. The van der Waals surface area contributed by atoms with Crippen LogP contribution in [0.2, 0.25) is 5.02 Å². The van der Waals surface area contributed by atoms with Crippen LogP contribution in [0.25, 0.3) is 0 Å². The minimum absolute atomic E-state index is 0.0649. The van der Waals surface area contributed by atoms with Crippen molar-refractivity contribution in [1.82, 2.24) is 15.8 Å². The van der Waals surface area contributed by atoms with Gasteiger partial charge < -0.3 is 20.9 Å². The van der Waals surface area contributed by atoms with E-state index in [9.17, 15) is 14.7 Å². The van der Waals surface area contributed by atoms with E-state index in [1.54, 1.807) is 24.3 Å². The van der Waals surface area contributed by atoms with Gasteiger partial charge >= 0.3 is 0 Å². The van der Waals surface area contributed by atoms with Crippen LogP contribution in [0, 0.1) is 11.2 Å². The Morgan fingerprint density at radius 1 is 1.22 bits per heavy atom. The van der Waals surface area contributed by atoms with Crippen molar-refractivity contribution in [1.29, 1.82) is 5.41 Å². The average Bonchev–Trinajstić information content (AvgIpc) is 2.86. The molecule has 3 aromatic rings. The number of carbonyl (C=O) groups is 2. The maximum absolute atomic E-state index is 15.4. The third-order valence-electron chi connectivity index (χ3n) is 4.91. The lowest BCUT2D eigenvalue weighted by Gasteiger charge is -2.22. The molecule has 1 heterocycles. The fourth-order valence-corrected chi connectivity index (χ4v) is 3.35. The number of amidine groups is 1. The summed E-state index contributed by atoms with van der Waals surface area (Å²) in [7, 11) is 0. The van der Waals surface area contributed by atoms with E-state index in [4.69, 9.17) is 27.5 Å². The lowest BCUT2D eigenvalue weighted by Crippen LogP contribution is -2.45. The smallest absolute Gasteiger partial charge is 0.271 e. The van der Waals surface area contributed by atoms with Gasteiger partial charge in [-0.05, 0) is 42.8 Å². The number of nitrogens with zero attached hydrogens (tertiary/aromatic N) is 1. The summed E-state index contributed by atoms with van der Waals surface area (Å²) in [5, 5.41) is 20.6. The second-order valence-corrected chi connectivity index (χ2v) is 7.97. The number of rotatable bonds is 9. The van der Waals surface area contributed by atoms with E-state index < -0.39 is 23.7 Å². The van der Waals surface area contributed by atoms with Crippen LogP contribution in [-0.2, 0) is 4.79 Å². The highest BCUT2D eigenvalue weighted by atomic mass is 35.5. The third-order valence-corrected chi connectivity index (χ3v) is 5.21. The minimum atomic E-state index is -1.42. The van der Waals surface area contributed by atoms with Crippen LogP contribution >= 0.6 is 11.6 Å². The number of hydrazine groups is 1. The molecule has 10 nitrogen and oxygen atoms in total. The van der Waals surface area contributed by atoms with Gasteiger partial charge in [0.1, 0.15) is 17.6 Å². The first-order chi connectivity index (χ1) is 17.2. The predicted octanol–water partition coefficient (Wildman–Crippen LogP) is 3.27. The van der Waals surface area contributed by atoms with E-state index in [0.29, 0.717) is 17.7 Å². The van der Waals surface area contributed by atoms with Crippen molar-refractivity contribution in [3.8, 4) is 11.5 Å². The number of aromatic hydroxyl groups is 1. The summed E-state index contributed by atoms with van der Waals surface area (Å²) in [6, 6.07) is 8.31. The van der Waals surface area contributed by atoms with Crippen molar-refractivity contribution in [2.24, 2.45) is 5.73 Å². The van der Waals surface area contributed by atoms with Gasteiger partial charge in [0.05, 0.1) is 17.2 Å². The molecule has 0 spiro atoms. The number of aromatic nitrogens is 1. The molecule has 0 bridgehead atoms. The largest absolute Gasteiger partial charge is 0.508 e. The maximum Gasteiger partial charge on any atom is 0.271 e. The van der Waals surface area contributed by atoms with Crippen LogP contribution in [0.3, 0.4) is 0 Å². The molecule has 2 aromatic carbocycles. The van der Waals surface area contributed by atoms with Crippen molar-refractivity contribution < 1.29 is 23.8 Å².